The van der Waals surface area contributed by atoms with E-state index in [2.05, 4.69) is 10.9 Å². The number of halogens is 1. The lowest BCUT2D eigenvalue weighted by Gasteiger charge is -2.20. The molecule has 0 aliphatic carbocycles. The smallest absolute Gasteiger partial charge is 0.276 e. The number of amides is 2. The molecular formula is C20H24FN3O6S. The first kappa shape index (κ1) is 24.1. The molecule has 0 aromatic heterocycles. The summed E-state index contributed by atoms with van der Waals surface area (Å²) >= 11 is 0. The summed E-state index contributed by atoms with van der Waals surface area (Å²) in [6.07, 6.45) is 0. The third kappa shape index (κ3) is 6.15. The summed E-state index contributed by atoms with van der Waals surface area (Å²) in [6, 6.07) is 9.00. The maximum absolute atomic E-state index is 12.9. The van der Waals surface area contributed by atoms with Gasteiger partial charge in [-0.2, -0.15) is 4.31 Å². The third-order valence-electron chi connectivity index (χ3n) is 4.25. The van der Waals surface area contributed by atoms with Gasteiger partial charge in [0.1, 0.15) is 22.2 Å². The fraction of sp³-hybridized carbons (Fsp3) is 0.300. The number of hydrazine groups is 1. The lowest BCUT2D eigenvalue weighted by molar-refractivity contribution is -0.123. The number of hydrogen-bond donors (Lipinski definition) is 2. The van der Waals surface area contributed by atoms with E-state index in [1.807, 2.05) is 0 Å². The van der Waals surface area contributed by atoms with Crippen molar-refractivity contribution in [1.29, 1.82) is 0 Å². The first-order valence-electron chi connectivity index (χ1n) is 9.38. The minimum Gasteiger partial charge on any atom is -0.495 e. The third-order valence-corrected chi connectivity index (χ3v) is 6.32. The van der Waals surface area contributed by atoms with Crippen molar-refractivity contribution in [2.45, 2.75) is 18.7 Å². The zero-order valence-corrected chi connectivity index (χ0v) is 18.2. The van der Waals surface area contributed by atoms with Crippen molar-refractivity contribution in [3.63, 3.8) is 0 Å². The molecule has 31 heavy (non-hydrogen) atoms. The van der Waals surface area contributed by atoms with Crippen LogP contribution in [0.25, 0.3) is 0 Å². The second kappa shape index (κ2) is 10.7. The molecule has 2 aromatic rings. The first-order chi connectivity index (χ1) is 14.7. The van der Waals surface area contributed by atoms with Crippen LogP contribution in [0, 0.1) is 5.82 Å². The zero-order chi connectivity index (χ0) is 23.0. The molecule has 0 bridgehead atoms. The van der Waals surface area contributed by atoms with Crippen LogP contribution >= 0.6 is 0 Å². The molecule has 0 radical (unpaired) electrons. The summed E-state index contributed by atoms with van der Waals surface area (Å²) in [7, 11) is -2.55. The molecule has 9 nitrogen and oxygen atoms in total. The molecule has 0 aliphatic heterocycles. The van der Waals surface area contributed by atoms with Crippen molar-refractivity contribution in [1.82, 2.24) is 15.2 Å². The van der Waals surface area contributed by atoms with E-state index in [9.17, 15) is 22.4 Å². The van der Waals surface area contributed by atoms with Gasteiger partial charge in [0.25, 0.3) is 11.8 Å². The van der Waals surface area contributed by atoms with Crippen molar-refractivity contribution in [3.05, 3.63) is 53.8 Å². The maximum atomic E-state index is 12.9. The van der Waals surface area contributed by atoms with Gasteiger partial charge in [-0.3, -0.25) is 20.4 Å². The largest absolute Gasteiger partial charge is 0.495 e. The van der Waals surface area contributed by atoms with Gasteiger partial charge < -0.3 is 9.47 Å². The Bertz CT molecular complexity index is 1020. The van der Waals surface area contributed by atoms with Gasteiger partial charge in [-0.1, -0.05) is 13.8 Å². The summed E-state index contributed by atoms with van der Waals surface area (Å²) in [4.78, 5) is 24.1. The van der Waals surface area contributed by atoms with E-state index in [0.29, 0.717) is 0 Å². The minimum absolute atomic E-state index is 0.00582. The monoisotopic (exact) mass is 453 g/mol. The van der Waals surface area contributed by atoms with Crippen LogP contribution in [0.2, 0.25) is 0 Å². The summed E-state index contributed by atoms with van der Waals surface area (Å²) in [5.74, 6) is -1.45. The minimum atomic E-state index is -3.88. The van der Waals surface area contributed by atoms with Crippen molar-refractivity contribution in [3.8, 4) is 11.5 Å². The van der Waals surface area contributed by atoms with Gasteiger partial charge in [0, 0.05) is 18.7 Å². The number of rotatable bonds is 9. The Hall–Kier alpha value is -3.18. The zero-order valence-electron chi connectivity index (χ0n) is 17.3. The Morgan fingerprint density at radius 2 is 1.68 bits per heavy atom. The van der Waals surface area contributed by atoms with E-state index >= 15 is 0 Å². The number of ether oxygens (including phenoxy) is 2. The standard InChI is InChI=1S/C20H24FN3O6S/c1-4-24(5-2)31(27,28)18-12-14(6-11-17(18)29-3)20(26)23-22-19(25)13-30-16-9-7-15(21)8-10-16/h6-12H,4-5,13H2,1-3H3,(H,22,25)(H,23,26). The number of nitrogens with one attached hydrogen (secondary N) is 2. The molecule has 0 spiro atoms. The van der Waals surface area contributed by atoms with E-state index in [1.165, 1.54) is 53.9 Å². The van der Waals surface area contributed by atoms with Gasteiger partial charge in [-0.05, 0) is 42.5 Å². The van der Waals surface area contributed by atoms with Gasteiger partial charge in [-0.25, -0.2) is 12.8 Å². The summed E-state index contributed by atoms with van der Waals surface area (Å²) in [5, 5.41) is 0. The SMILES string of the molecule is CCN(CC)S(=O)(=O)c1cc(C(=O)NNC(=O)COc2ccc(F)cc2)ccc1OC. The molecule has 0 fully saturated rings. The Morgan fingerprint density at radius 1 is 1.03 bits per heavy atom. The number of nitrogens with zero attached hydrogens (tertiary/aromatic N) is 1. The summed E-state index contributed by atoms with van der Waals surface area (Å²) in [6.45, 7) is 3.49. The van der Waals surface area contributed by atoms with Crippen molar-refractivity contribution >= 4 is 21.8 Å². The topological polar surface area (TPSA) is 114 Å². The molecule has 0 saturated heterocycles. The molecule has 0 heterocycles. The highest BCUT2D eigenvalue weighted by Gasteiger charge is 2.26. The van der Waals surface area contributed by atoms with E-state index in [-0.39, 0.29) is 35.0 Å². The van der Waals surface area contributed by atoms with Crippen LogP contribution < -0.4 is 20.3 Å². The molecule has 2 aromatic carbocycles. The highest BCUT2D eigenvalue weighted by Crippen LogP contribution is 2.27. The van der Waals surface area contributed by atoms with E-state index in [1.54, 1.807) is 13.8 Å². The van der Waals surface area contributed by atoms with E-state index in [4.69, 9.17) is 9.47 Å². The van der Waals surface area contributed by atoms with E-state index in [0.717, 1.165) is 0 Å². The number of carbonyl (C=O) groups is 2. The van der Waals surface area contributed by atoms with Crippen molar-refractivity contribution < 1.29 is 31.9 Å². The molecule has 2 N–H and O–H groups in total. The van der Waals surface area contributed by atoms with Gasteiger partial charge >= 0.3 is 0 Å². The summed E-state index contributed by atoms with van der Waals surface area (Å²) in [5.41, 5.74) is 4.36. The van der Waals surface area contributed by atoms with Crippen LogP contribution in [-0.4, -0.2) is 51.3 Å². The highest BCUT2D eigenvalue weighted by molar-refractivity contribution is 7.89. The second-order valence-corrected chi connectivity index (χ2v) is 8.11. The van der Waals surface area contributed by atoms with Crippen LogP contribution in [0.5, 0.6) is 11.5 Å². The number of carbonyl (C=O) groups excluding carboxylic acids is 2. The number of sulfonamides is 1. The molecule has 0 saturated carbocycles. The molecule has 11 heteroatoms. The molecule has 0 aliphatic rings. The van der Waals surface area contributed by atoms with Crippen LogP contribution in [0.3, 0.4) is 0 Å². The van der Waals surface area contributed by atoms with Crippen LogP contribution in [0.15, 0.2) is 47.4 Å². The van der Waals surface area contributed by atoms with Gasteiger partial charge in [0.05, 0.1) is 7.11 Å². The Balaban J connectivity index is 2.06. The average Bonchev–Trinajstić information content (AvgIpc) is 2.77. The maximum Gasteiger partial charge on any atom is 0.276 e. The predicted molar refractivity (Wildman–Crippen MR) is 111 cm³/mol. The number of benzene rings is 2. The highest BCUT2D eigenvalue weighted by atomic mass is 32.2. The fourth-order valence-corrected chi connectivity index (χ4v) is 4.28. The molecule has 168 valence electrons. The molecular weight excluding hydrogens is 429 g/mol. The quantitative estimate of drug-likeness (QED) is 0.559. The second-order valence-electron chi connectivity index (χ2n) is 6.20. The molecule has 0 unspecified atom stereocenters. The fourth-order valence-electron chi connectivity index (χ4n) is 2.64. The van der Waals surface area contributed by atoms with Gasteiger partial charge in [0.15, 0.2) is 6.61 Å². The van der Waals surface area contributed by atoms with Crippen molar-refractivity contribution in [2.24, 2.45) is 0 Å². The van der Waals surface area contributed by atoms with Gasteiger partial charge in [-0.15, -0.1) is 0 Å². The van der Waals surface area contributed by atoms with Gasteiger partial charge in [0.2, 0.25) is 10.0 Å². The van der Waals surface area contributed by atoms with E-state index < -0.39 is 34.3 Å². The normalized spacial score (nSPS) is 11.1. The lowest BCUT2D eigenvalue weighted by atomic mass is 10.2. The van der Waals surface area contributed by atoms with Crippen LogP contribution in [-0.2, 0) is 14.8 Å². The predicted octanol–water partition coefficient (Wildman–Crippen LogP) is 1.70. The van der Waals surface area contributed by atoms with Crippen LogP contribution in [0.4, 0.5) is 4.39 Å². The molecule has 0 atom stereocenters. The molecule has 2 amide bonds. The number of methoxy groups -OCH3 is 1. The first-order valence-corrected chi connectivity index (χ1v) is 10.8. The summed E-state index contributed by atoms with van der Waals surface area (Å²) < 4.78 is 50.1. The number of hydrogen-bond acceptors (Lipinski definition) is 6. The Kier molecular flexibility index (Phi) is 8.34. The lowest BCUT2D eigenvalue weighted by Crippen LogP contribution is -2.43. The Morgan fingerprint density at radius 3 is 2.26 bits per heavy atom. The van der Waals surface area contributed by atoms with Crippen LogP contribution in [0.1, 0.15) is 24.2 Å². The average molecular weight is 453 g/mol. The Labute approximate surface area is 180 Å². The van der Waals surface area contributed by atoms with Crippen molar-refractivity contribution in [2.75, 3.05) is 26.8 Å². The molecule has 2 rings (SSSR count).